The monoisotopic (exact) mass is 621 g/mol. The highest BCUT2D eigenvalue weighted by Crippen LogP contribution is 2.48. The van der Waals surface area contributed by atoms with Crippen molar-refractivity contribution in [3.05, 3.63) is 34.4 Å². The number of fused-ring (bicyclic) bond motifs is 2. The average molecular weight is 622 g/mol. The number of rotatable bonds is 3. The molecule has 0 bridgehead atoms. The summed E-state index contributed by atoms with van der Waals surface area (Å²) in [5.41, 5.74) is -1.84. The van der Waals surface area contributed by atoms with Crippen LogP contribution in [0.4, 0.5) is 19.4 Å². The number of anilines is 1. The van der Waals surface area contributed by atoms with Crippen molar-refractivity contribution in [1.82, 2.24) is 19.7 Å². The highest BCUT2D eigenvalue weighted by Gasteiger charge is 2.46. The van der Waals surface area contributed by atoms with Gasteiger partial charge in [0.25, 0.3) is 5.91 Å². The van der Waals surface area contributed by atoms with Gasteiger partial charge in [0.1, 0.15) is 40.1 Å². The van der Waals surface area contributed by atoms with E-state index in [1.807, 2.05) is 32.8 Å². The molecular weight excluding hydrogens is 584 g/mol. The van der Waals surface area contributed by atoms with E-state index < -0.39 is 52.1 Å². The van der Waals surface area contributed by atoms with Crippen LogP contribution in [0.5, 0.6) is 11.5 Å². The van der Waals surface area contributed by atoms with Crippen molar-refractivity contribution in [1.29, 1.82) is 0 Å². The number of aromatic nitrogens is 1. The minimum Gasteiger partial charge on any atom is -0.504 e. The summed E-state index contributed by atoms with van der Waals surface area (Å²) in [5.74, 6) is -3.15. The van der Waals surface area contributed by atoms with Crippen LogP contribution in [0.15, 0.2) is 12.1 Å². The van der Waals surface area contributed by atoms with E-state index in [4.69, 9.17) is 26.1 Å². The maximum atomic E-state index is 15.2. The second kappa shape index (κ2) is 11.0. The fourth-order valence-electron chi connectivity index (χ4n) is 5.99. The molecular formula is C30H38ClF2N5O5. The summed E-state index contributed by atoms with van der Waals surface area (Å²) < 4.78 is 41.4. The number of piperazine rings is 1. The van der Waals surface area contributed by atoms with Crippen LogP contribution in [0.2, 0.25) is 5.02 Å². The van der Waals surface area contributed by atoms with E-state index in [0.717, 1.165) is 18.6 Å². The molecule has 0 aliphatic carbocycles. The number of hydrogen-bond acceptors (Lipinski definition) is 8. The fraction of sp³-hybridized carbons (Fsp3) is 0.567. The Kier molecular flexibility index (Phi) is 7.92. The van der Waals surface area contributed by atoms with Crippen LogP contribution < -0.4 is 9.64 Å². The lowest BCUT2D eigenvalue weighted by Gasteiger charge is -2.40. The number of nitrogens with zero attached hydrogens (tertiary/aromatic N) is 5. The van der Waals surface area contributed by atoms with Crippen LogP contribution >= 0.6 is 11.6 Å². The molecule has 0 spiro atoms. The quantitative estimate of drug-likeness (QED) is 0.524. The summed E-state index contributed by atoms with van der Waals surface area (Å²) in [5, 5.41) is 10.3. The van der Waals surface area contributed by atoms with Gasteiger partial charge in [-0.25, -0.2) is 18.6 Å². The van der Waals surface area contributed by atoms with Gasteiger partial charge in [-0.15, -0.1) is 0 Å². The number of halogens is 3. The number of pyridine rings is 1. The number of likely N-dealkylation sites (N-methyl/N-ethyl adjacent to an activating group) is 1. The topological polar surface area (TPSA) is 98.7 Å². The maximum absolute atomic E-state index is 15.2. The second-order valence-electron chi connectivity index (χ2n) is 13.2. The van der Waals surface area contributed by atoms with Crippen LogP contribution in [0.3, 0.4) is 0 Å². The number of phenolic OH excluding ortho intramolecular Hbond substituents is 1. The summed E-state index contributed by atoms with van der Waals surface area (Å²) in [6.07, 6.45) is 0.245. The lowest BCUT2D eigenvalue weighted by molar-refractivity contribution is 0.000952. The Labute approximate surface area is 255 Å². The van der Waals surface area contributed by atoms with Gasteiger partial charge in [-0.05, 0) is 67.3 Å². The molecule has 3 aliphatic heterocycles. The highest BCUT2D eigenvalue weighted by molar-refractivity contribution is 6.35. The Morgan fingerprint density at radius 2 is 1.84 bits per heavy atom. The molecule has 1 aromatic carbocycles. The predicted molar refractivity (Wildman–Crippen MR) is 158 cm³/mol. The first-order chi connectivity index (χ1) is 20.0. The van der Waals surface area contributed by atoms with Crippen molar-refractivity contribution in [3.63, 3.8) is 0 Å². The van der Waals surface area contributed by atoms with Gasteiger partial charge in [0.15, 0.2) is 17.3 Å². The highest BCUT2D eigenvalue weighted by atomic mass is 35.5. The van der Waals surface area contributed by atoms with Gasteiger partial charge in [0.05, 0.1) is 11.6 Å². The Balaban J connectivity index is 1.64. The SMILES string of the molecule is CN(C)[C@H]1CN(c2nc(-c3c(F)ccc(F)c3O)c(Cl)c3c2C(=O)N2CCN(C(=O)OC(C)(C)C)C[C@@H]2CO3)C(C)(C)C1. The minimum absolute atomic E-state index is 0.0258. The molecule has 5 rings (SSSR count). The van der Waals surface area contributed by atoms with Crippen LogP contribution in [0.1, 0.15) is 51.4 Å². The number of phenols is 1. The molecule has 1 N–H and O–H groups in total. The van der Waals surface area contributed by atoms with Gasteiger partial charge in [-0.3, -0.25) is 4.79 Å². The molecule has 0 radical (unpaired) electrons. The third kappa shape index (κ3) is 5.66. The van der Waals surface area contributed by atoms with E-state index in [0.29, 0.717) is 6.54 Å². The third-order valence-corrected chi connectivity index (χ3v) is 8.62. The van der Waals surface area contributed by atoms with Crippen molar-refractivity contribution < 1.29 is 33.0 Å². The zero-order chi connectivity index (χ0) is 31.6. The van der Waals surface area contributed by atoms with Crippen molar-refractivity contribution >= 4 is 29.4 Å². The first-order valence-corrected chi connectivity index (χ1v) is 14.6. The van der Waals surface area contributed by atoms with Gasteiger partial charge in [-0.1, -0.05) is 11.6 Å². The number of hydrogen-bond donors (Lipinski definition) is 1. The number of carbonyl (C=O) groups excluding carboxylic acids is 2. The van der Waals surface area contributed by atoms with Gasteiger partial charge in [-0.2, -0.15) is 0 Å². The molecule has 2 aromatic rings. The van der Waals surface area contributed by atoms with Crippen LogP contribution in [0, 0.1) is 11.6 Å². The van der Waals surface area contributed by atoms with E-state index in [2.05, 4.69) is 4.90 Å². The predicted octanol–water partition coefficient (Wildman–Crippen LogP) is 4.76. The average Bonchev–Trinajstić information content (AvgIpc) is 3.16. The summed E-state index contributed by atoms with van der Waals surface area (Å²) >= 11 is 6.80. The number of amides is 2. The largest absolute Gasteiger partial charge is 0.504 e. The van der Waals surface area contributed by atoms with Crippen molar-refractivity contribution in [3.8, 4) is 22.8 Å². The molecule has 234 valence electrons. The Morgan fingerprint density at radius 3 is 2.47 bits per heavy atom. The number of benzene rings is 1. The lowest BCUT2D eigenvalue weighted by Crippen LogP contribution is -2.58. The molecule has 2 atom stereocenters. The molecule has 10 nitrogen and oxygen atoms in total. The van der Waals surface area contributed by atoms with E-state index in [1.165, 1.54) is 4.90 Å². The fourth-order valence-corrected chi connectivity index (χ4v) is 6.28. The summed E-state index contributed by atoms with van der Waals surface area (Å²) in [6, 6.07) is 1.27. The molecule has 2 saturated heterocycles. The van der Waals surface area contributed by atoms with Gasteiger partial charge >= 0.3 is 6.09 Å². The molecule has 0 saturated carbocycles. The molecule has 2 amide bonds. The molecule has 4 heterocycles. The number of ether oxygens (including phenoxy) is 2. The van der Waals surface area contributed by atoms with Crippen LogP contribution in [0.25, 0.3) is 11.3 Å². The zero-order valence-electron chi connectivity index (χ0n) is 25.5. The summed E-state index contributed by atoms with van der Waals surface area (Å²) in [7, 11) is 3.93. The van der Waals surface area contributed by atoms with Gasteiger partial charge in [0.2, 0.25) is 0 Å². The Morgan fingerprint density at radius 1 is 1.16 bits per heavy atom. The van der Waals surface area contributed by atoms with Crippen molar-refractivity contribution in [2.24, 2.45) is 0 Å². The first-order valence-electron chi connectivity index (χ1n) is 14.3. The zero-order valence-corrected chi connectivity index (χ0v) is 26.3. The molecule has 1 aromatic heterocycles. The lowest BCUT2D eigenvalue weighted by atomic mass is 9.99. The van der Waals surface area contributed by atoms with E-state index in [1.54, 1.807) is 25.7 Å². The number of aromatic hydroxyl groups is 1. The first kappa shape index (κ1) is 31.1. The molecule has 43 heavy (non-hydrogen) atoms. The van der Waals surface area contributed by atoms with Gasteiger partial charge < -0.3 is 34.2 Å². The van der Waals surface area contributed by atoms with Crippen molar-refractivity contribution in [2.75, 3.05) is 51.8 Å². The maximum Gasteiger partial charge on any atom is 0.410 e. The third-order valence-electron chi connectivity index (χ3n) is 8.26. The van der Waals surface area contributed by atoms with Crippen LogP contribution in [-0.2, 0) is 4.74 Å². The van der Waals surface area contributed by atoms with E-state index in [9.17, 15) is 19.1 Å². The summed E-state index contributed by atoms with van der Waals surface area (Å²) in [4.78, 5) is 39.1. The van der Waals surface area contributed by atoms with E-state index in [-0.39, 0.29) is 60.1 Å². The number of carbonyl (C=O) groups is 2. The molecule has 13 heteroatoms. The Bertz CT molecular complexity index is 1460. The Hall–Kier alpha value is -3.38. The van der Waals surface area contributed by atoms with Crippen LogP contribution in [-0.4, -0.2) is 107 Å². The van der Waals surface area contributed by atoms with E-state index >= 15 is 4.39 Å². The standard InChI is InChI=1S/C30H38ClF2N5O5/c1-29(2,3)43-28(41)36-10-11-37-17(13-36)15-42-25-21(27(37)40)26(38-14-16(35(6)7)12-30(38,4)5)34-23(22(25)31)20-18(32)8-9-19(33)24(20)39/h8-9,16-17,39H,10-15H2,1-7H3/t16-,17-/m1/s1. The second-order valence-corrected chi connectivity index (χ2v) is 13.6. The molecule has 0 unspecified atom stereocenters. The smallest absolute Gasteiger partial charge is 0.410 e. The molecule has 2 fully saturated rings. The summed E-state index contributed by atoms with van der Waals surface area (Å²) in [6.45, 7) is 10.5. The van der Waals surface area contributed by atoms with Crippen molar-refractivity contribution in [2.45, 2.75) is 64.3 Å². The normalized spacial score (nSPS) is 21.8. The minimum atomic E-state index is -1.05. The molecule has 3 aliphatic rings. The van der Waals surface area contributed by atoms with Gasteiger partial charge in [0, 0.05) is 37.8 Å².